The summed E-state index contributed by atoms with van der Waals surface area (Å²) in [6.07, 6.45) is 0.234. The van der Waals surface area contributed by atoms with Gasteiger partial charge in [-0.3, -0.25) is 9.69 Å². The number of nitrogens with zero attached hydrogens (tertiary/aromatic N) is 3. The molecule has 6 nitrogen and oxygen atoms in total. The number of methoxy groups -OCH3 is 2. The number of thioether (sulfide) groups is 1. The molecule has 154 valence electrons. The van der Waals surface area contributed by atoms with Crippen molar-refractivity contribution in [2.75, 3.05) is 31.7 Å². The lowest BCUT2D eigenvalue weighted by molar-refractivity contribution is -0.129. The fraction of sp³-hybridized carbons (Fsp3) is 0.304. The average Bonchev–Trinajstić information content (AvgIpc) is 2.79. The molecule has 0 spiro atoms. The molecule has 2 heterocycles. The highest BCUT2D eigenvalue weighted by Crippen LogP contribution is 2.45. The van der Waals surface area contributed by atoms with Crippen LogP contribution in [0.3, 0.4) is 0 Å². The Labute approximate surface area is 180 Å². The number of amides is 1. The number of carbonyl (C=O) groups is 1. The Morgan fingerprint density at radius 3 is 2.57 bits per heavy atom. The van der Waals surface area contributed by atoms with E-state index in [4.69, 9.17) is 9.47 Å². The lowest BCUT2D eigenvalue weighted by atomic mass is 9.86. The van der Waals surface area contributed by atoms with Crippen molar-refractivity contribution in [1.29, 1.82) is 5.26 Å². The van der Waals surface area contributed by atoms with Crippen LogP contribution in [0.4, 0.5) is 5.69 Å². The molecule has 0 bridgehead atoms. The third-order valence-corrected chi connectivity index (χ3v) is 6.66. The minimum Gasteiger partial charge on any atom is -0.497 e. The van der Waals surface area contributed by atoms with Crippen LogP contribution < -0.4 is 14.4 Å². The topological polar surface area (TPSA) is 65.8 Å². The summed E-state index contributed by atoms with van der Waals surface area (Å²) >= 11 is 1.53. The van der Waals surface area contributed by atoms with Crippen molar-refractivity contribution in [2.24, 2.45) is 0 Å². The molecule has 2 aromatic rings. The molecule has 1 fully saturated rings. The van der Waals surface area contributed by atoms with E-state index >= 15 is 0 Å². The fourth-order valence-electron chi connectivity index (χ4n) is 3.85. The number of carbonyl (C=O) groups excluding carboxylic acids is 1. The van der Waals surface area contributed by atoms with E-state index in [2.05, 4.69) is 42.2 Å². The van der Waals surface area contributed by atoms with Crippen LogP contribution in [0.25, 0.3) is 0 Å². The summed E-state index contributed by atoms with van der Waals surface area (Å²) < 4.78 is 10.8. The van der Waals surface area contributed by atoms with E-state index in [1.807, 2.05) is 12.1 Å². The molecule has 30 heavy (non-hydrogen) atoms. The Balaban J connectivity index is 1.68. The SMILES string of the molecule is COc1ccc(C2CC(=O)N3CN(c4ccc(C)cc4)CSC3=C2C#N)c(OC)c1. The minimum absolute atomic E-state index is 0.0104. The maximum atomic E-state index is 13.1. The second-order valence-electron chi connectivity index (χ2n) is 7.31. The highest BCUT2D eigenvalue weighted by molar-refractivity contribution is 8.03. The molecule has 0 N–H and O–H groups in total. The second-order valence-corrected chi connectivity index (χ2v) is 8.24. The second kappa shape index (κ2) is 8.33. The third kappa shape index (κ3) is 3.59. The summed E-state index contributed by atoms with van der Waals surface area (Å²) in [6.45, 7) is 2.50. The maximum absolute atomic E-state index is 13.1. The lowest BCUT2D eigenvalue weighted by Crippen LogP contribution is -2.47. The number of fused-ring (bicyclic) bond motifs is 1. The minimum atomic E-state index is -0.326. The first-order valence-corrected chi connectivity index (χ1v) is 10.6. The van der Waals surface area contributed by atoms with Crippen molar-refractivity contribution in [2.45, 2.75) is 19.3 Å². The van der Waals surface area contributed by atoms with Gasteiger partial charge in [-0.15, -0.1) is 0 Å². The van der Waals surface area contributed by atoms with Crippen molar-refractivity contribution < 1.29 is 14.3 Å². The first kappa shape index (κ1) is 20.2. The summed E-state index contributed by atoms with van der Waals surface area (Å²) in [5.41, 5.74) is 3.71. The van der Waals surface area contributed by atoms with Crippen molar-refractivity contribution in [1.82, 2.24) is 4.90 Å². The predicted octanol–water partition coefficient (Wildman–Crippen LogP) is 4.23. The smallest absolute Gasteiger partial charge is 0.229 e. The normalized spacial score (nSPS) is 18.7. The van der Waals surface area contributed by atoms with E-state index in [9.17, 15) is 10.1 Å². The third-order valence-electron chi connectivity index (χ3n) is 5.51. The van der Waals surface area contributed by atoms with Gasteiger partial charge in [-0.05, 0) is 25.1 Å². The largest absolute Gasteiger partial charge is 0.497 e. The summed E-state index contributed by atoms with van der Waals surface area (Å²) in [4.78, 5) is 17.0. The van der Waals surface area contributed by atoms with Crippen molar-refractivity contribution in [3.05, 3.63) is 64.2 Å². The summed E-state index contributed by atoms with van der Waals surface area (Å²) in [7, 11) is 3.18. The molecule has 0 saturated carbocycles. The number of hydrogen-bond acceptors (Lipinski definition) is 6. The molecule has 1 atom stereocenters. The number of benzene rings is 2. The Hall–Kier alpha value is -3.11. The monoisotopic (exact) mass is 421 g/mol. The average molecular weight is 422 g/mol. The Morgan fingerprint density at radius 2 is 1.90 bits per heavy atom. The van der Waals surface area contributed by atoms with Crippen LogP contribution in [0.5, 0.6) is 11.5 Å². The van der Waals surface area contributed by atoms with Gasteiger partial charge in [0, 0.05) is 29.7 Å². The van der Waals surface area contributed by atoms with Gasteiger partial charge in [0.25, 0.3) is 0 Å². The molecule has 1 unspecified atom stereocenters. The number of allylic oxidation sites excluding steroid dienone is 1. The van der Waals surface area contributed by atoms with Crippen molar-refractivity contribution >= 4 is 23.4 Å². The molecule has 0 aliphatic carbocycles. The first-order chi connectivity index (χ1) is 14.5. The Kier molecular flexibility index (Phi) is 5.60. The number of hydrogen-bond donors (Lipinski definition) is 0. The molecular weight excluding hydrogens is 398 g/mol. The van der Waals surface area contributed by atoms with Gasteiger partial charge >= 0.3 is 0 Å². The molecule has 0 radical (unpaired) electrons. The zero-order chi connectivity index (χ0) is 21.3. The zero-order valence-electron chi connectivity index (χ0n) is 17.2. The quantitative estimate of drug-likeness (QED) is 0.736. The molecule has 4 rings (SSSR count). The first-order valence-electron chi connectivity index (χ1n) is 9.66. The lowest BCUT2D eigenvalue weighted by Gasteiger charge is -2.42. The van der Waals surface area contributed by atoms with Gasteiger partial charge in [0.15, 0.2) is 0 Å². The molecular formula is C23H23N3O3S. The molecule has 1 saturated heterocycles. The van der Waals surface area contributed by atoms with E-state index < -0.39 is 0 Å². The van der Waals surface area contributed by atoms with Gasteiger partial charge in [-0.25, -0.2) is 0 Å². The number of nitriles is 1. The summed E-state index contributed by atoms with van der Waals surface area (Å²) in [6, 6.07) is 16.1. The van der Waals surface area contributed by atoms with Crippen molar-refractivity contribution in [3.63, 3.8) is 0 Å². The zero-order valence-corrected chi connectivity index (χ0v) is 18.0. The molecule has 2 aliphatic heterocycles. The van der Waals surface area contributed by atoms with E-state index in [0.29, 0.717) is 29.6 Å². The number of aryl methyl sites for hydroxylation is 1. The van der Waals surface area contributed by atoms with E-state index in [1.54, 1.807) is 25.2 Å². The van der Waals surface area contributed by atoms with Crippen molar-refractivity contribution in [3.8, 4) is 17.6 Å². The predicted molar refractivity (Wildman–Crippen MR) is 117 cm³/mol. The van der Waals surface area contributed by atoms with E-state index in [-0.39, 0.29) is 18.2 Å². The fourth-order valence-corrected chi connectivity index (χ4v) is 5.02. The van der Waals surface area contributed by atoms with E-state index in [1.165, 1.54) is 17.3 Å². The van der Waals surface area contributed by atoms with Crippen LogP contribution in [0.1, 0.15) is 23.5 Å². The van der Waals surface area contributed by atoms with Crippen LogP contribution >= 0.6 is 11.8 Å². The molecule has 1 amide bonds. The van der Waals surface area contributed by atoms with Crippen LogP contribution in [0, 0.1) is 18.3 Å². The van der Waals surface area contributed by atoms with Gasteiger partial charge in [0.1, 0.15) is 11.5 Å². The van der Waals surface area contributed by atoms with Crippen LogP contribution in [-0.2, 0) is 4.79 Å². The highest BCUT2D eigenvalue weighted by atomic mass is 32.2. The van der Waals surface area contributed by atoms with Gasteiger partial charge in [-0.1, -0.05) is 35.5 Å². The summed E-state index contributed by atoms with van der Waals surface area (Å²) in [5, 5.41) is 10.7. The van der Waals surface area contributed by atoms with Gasteiger partial charge < -0.3 is 14.4 Å². The molecule has 0 aromatic heterocycles. The van der Waals surface area contributed by atoms with E-state index in [0.717, 1.165) is 16.3 Å². The van der Waals surface area contributed by atoms with Crippen LogP contribution in [0.2, 0.25) is 0 Å². The number of ether oxygens (including phenoxy) is 2. The summed E-state index contributed by atoms with van der Waals surface area (Å²) in [5.74, 6) is 1.66. The highest BCUT2D eigenvalue weighted by Gasteiger charge is 2.39. The van der Waals surface area contributed by atoms with Crippen LogP contribution in [-0.4, -0.2) is 37.6 Å². The van der Waals surface area contributed by atoms with Gasteiger partial charge in [0.2, 0.25) is 5.91 Å². The standard InChI is InChI=1S/C23H23N3O3S/c1-15-4-6-16(7-5-15)25-13-26-22(27)11-19(20(12-24)23(26)30-14-25)18-9-8-17(28-2)10-21(18)29-3/h4-10,19H,11,13-14H2,1-3H3. The molecule has 7 heteroatoms. The number of rotatable bonds is 4. The maximum Gasteiger partial charge on any atom is 0.229 e. The Bertz CT molecular complexity index is 1040. The Morgan fingerprint density at radius 1 is 1.13 bits per heavy atom. The van der Waals surface area contributed by atoms with Crippen LogP contribution in [0.15, 0.2) is 53.1 Å². The molecule has 2 aromatic carbocycles. The molecule has 2 aliphatic rings. The number of anilines is 1. The van der Waals surface area contributed by atoms with Gasteiger partial charge in [0.05, 0.1) is 43.4 Å². The van der Waals surface area contributed by atoms with Gasteiger partial charge in [-0.2, -0.15) is 5.26 Å².